The fraction of sp³-hybridized carbons (Fsp3) is 0.350. The van der Waals surface area contributed by atoms with Gasteiger partial charge in [-0.2, -0.15) is 0 Å². The van der Waals surface area contributed by atoms with Crippen molar-refractivity contribution in [1.82, 2.24) is 4.57 Å². The van der Waals surface area contributed by atoms with E-state index in [-0.39, 0.29) is 32.2 Å². The van der Waals surface area contributed by atoms with Crippen LogP contribution in [0, 0.1) is 6.92 Å². The van der Waals surface area contributed by atoms with Gasteiger partial charge in [0, 0.05) is 7.11 Å². The normalized spacial score (nSPS) is 24.6. The number of nitrogens with zero attached hydrogens (tertiary/aromatic N) is 1. The van der Waals surface area contributed by atoms with E-state index in [2.05, 4.69) is 0 Å². The molecule has 1 aliphatic rings. The minimum Gasteiger partial charge on any atom is -0.505 e. The summed E-state index contributed by atoms with van der Waals surface area (Å²) >= 11 is 12.4. The lowest BCUT2D eigenvalue weighted by molar-refractivity contribution is -0.0827. The molecule has 0 amide bonds. The van der Waals surface area contributed by atoms with Gasteiger partial charge in [0.2, 0.25) is 11.1 Å². The molecule has 2 aromatic heterocycles. The van der Waals surface area contributed by atoms with Gasteiger partial charge >= 0.3 is 0 Å². The molecular weight excluding hydrogens is 437 g/mol. The van der Waals surface area contributed by atoms with Crippen LogP contribution in [0.2, 0.25) is 10.2 Å². The second-order valence-corrected chi connectivity index (χ2v) is 8.04. The minimum absolute atomic E-state index is 0.0177. The van der Waals surface area contributed by atoms with Gasteiger partial charge in [0.05, 0.1) is 23.1 Å². The van der Waals surface area contributed by atoms with Gasteiger partial charge in [-0.25, -0.2) is 0 Å². The SMILES string of the molecule is COC1C(CO)=CC(n2c(Cl)cc3c(=O)c4c(O)c(Cl)cc(C)c4oc32)C(O)C1O. The van der Waals surface area contributed by atoms with Crippen molar-refractivity contribution < 1.29 is 29.6 Å². The Bertz CT molecular complexity index is 1250. The molecule has 0 saturated heterocycles. The highest BCUT2D eigenvalue weighted by Gasteiger charge is 2.40. The predicted molar refractivity (Wildman–Crippen MR) is 111 cm³/mol. The number of benzene rings is 1. The van der Waals surface area contributed by atoms with E-state index in [0.29, 0.717) is 11.1 Å². The first-order valence-corrected chi connectivity index (χ1v) is 9.82. The van der Waals surface area contributed by atoms with Crippen molar-refractivity contribution in [2.24, 2.45) is 0 Å². The average Bonchev–Trinajstić information content (AvgIpc) is 3.04. The standard InChI is InChI=1S/C20H19Cl2NO7/c1-7-3-10(21)15(26)13-14(25)9-5-12(22)23(20(9)30-18(7)13)11-4-8(6-24)19(29-2)17(28)16(11)27/h3-5,11,16-17,19,24,26-28H,6H2,1-2H3. The number of halogens is 2. The Balaban J connectivity index is 2.05. The van der Waals surface area contributed by atoms with Gasteiger partial charge in [0.25, 0.3) is 0 Å². The van der Waals surface area contributed by atoms with Crippen molar-refractivity contribution in [3.8, 4) is 5.75 Å². The average molecular weight is 456 g/mol. The molecule has 4 N–H and O–H groups in total. The highest BCUT2D eigenvalue weighted by atomic mass is 35.5. The molecule has 3 aromatic rings. The zero-order valence-electron chi connectivity index (χ0n) is 16.0. The third-order valence-corrected chi connectivity index (χ3v) is 6.08. The minimum atomic E-state index is -1.36. The molecule has 0 bridgehead atoms. The van der Waals surface area contributed by atoms with E-state index < -0.39 is 42.1 Å². The van der Waals surface area contributed by atoms with Gasteiger partial charge in [0.1, 0.15) is 40.2 Å². The molecule has 1 aromatic carbocycles. The first kappa shape index (κ1) is 21.2. The highest BCUT2D eigenvalue weighted by molar-refractivity contribution is 6.33. The number of rotatable bonds is 3. The molecule has 10 heteroatoms. The smallest absolute Gasteiger partial charge is 0.213 e. The Kier molecular flexibility index (Phi) is 5.34. The van der Waals surface area contributed by atoms with Gasteiger partial charge in [-0.15, -0.1) is 0 Å². The monoisotopic (exact) mass is 455 g/mol. The summed E-state index contributed by atoms with van der Waals surface area (Å²) in [5.74, 6) is -0.393. The molecule has 0 spiro atoms. The van der Waals surface area contributed by atoms with Crippen molar-refractivity contribution >= 4 is 45.3 Å². The maximum absolute atomic E-state index is 13.1. The lowest BCUT2D eigenvalue weighted by Crippen LogP contribution is -2.48. The molecule has 0 aliphatic heterocycles. The zero-order valence-corrected chi connectivity index (χ0v) is 17.5. The van der Waals surface area contributed by atoms with E-state index >= 15 is 0 Å². The maximum Gasteiger partial charge on any atom is 0.213 e. The van der Waals surface area contributed by atoms with Crippen molar-refractivity contribution in [1.29, 1.82) is 0 Å². The van der Waals surface area contributed by atoms with E-state index in [1.165, 1.54) is 29.9 Å². The van der Waals surface area contributed by atoms with E-state index in [1.54, 1.807) is 6.92 Å². The number of aryl methyl sites for hydroxylation is 1. The van der Waals surface area contributed by atoms with E-state index in [0.717, 1.165) is 0 Å². The van der Waals surface area contributed by atoms with Crippen LogP contribution >= 0.6 is 23.2 Å². The third-order valence-electron chi connectivity index (χ3n) is 5.50. The summed E-state index contributed by atoms with van der Waals surface area (Å²) in [5.41, 5.74) is 0.496. The van der Waals surface area contributed by atoms with Gasteiger partial charge < -0.3 is 29.6 Å². The number of phenolic OH excluding ortho intramolecular Hbond substituents is 1. The third kappa shape index (κ3) is 2.95. The number of aromatic hydroxyl groups is 1. The summed E-state index contributed by atoms with van der Waals surface area (Å²) in [6, 6.07) is 1.88. The van der Waals surface area contributed by atoms with Crippen LogP contribution in [0.4, 0.5) is 0 Å². The zero-order chi connectivity index (χ0) is 21.9. The Hall–Kier alpha value is -2.07. The van der Waals surface area contributed by atoms with Crippen molar-refractivity contribution in [2.75, 3.05) is 13.7 Å². The van der Waals surface area contributed by atoms with Crippen LogP contribution in [0.1, 0.15) is 11.6 Å². The summed E-state index contributed by atoms with van der Waals surface area (Å²) in [6.07, 6.45) is -2.08. The summed E-state index contributed by atoms with van der Waals surface area (Å²) in [6.45, 7) is 1.26. The number of hydrogen-bond donors (Lipinski definition) is 4. The number of aliphatic hydroxyl groups is 3. The summed E-state index contributed by atoms with van der Waals surface area (Å²) in [7, 11) is 1.36. The Morgan fingerprint density at radius 1 is 1.23 bits per heavy atom. The van der Waals surface area contributed by atoms with Crippen LogP contribution in [-0.2, 0) is 4.74 Å². The molecule has 160 valence electrons. The van der Waals surface area contributed by atoms with Gasteiger partial charge in [0.15, 0.2) is 0 Å². The Morgan fingerprint density at radius 2 is 1.93 bits per heavy atom. The van der Waals surface area contributed by atoms with E-state index in [4.69, 9.17) is 32.4 Å². The van der Waals surface area contributed by atoms with Crippen LogP contribution in [0.15, 0.2) is 33.0 Å². The quantitative estimate of drug-likeness (QED) is 0.446. The molecule has 2 heterocycles. The summed E-state index contributed by atoms with van der Waals surface area (Å²) < 4.78 is 12.5. The summed E-state index contributed by atoms with van der Waals surface area (Å²) in [5, 5.41) is 41.2. The Labute approximate surface area is 180 Å². The van der Waals surface area contributed by atoms with E-state index in [9.17, 15) is 25.2 Å². The molecule has 4 unspecified atom stereocenters. The van der Waals surface area contributed by atoms with E-state index in [1.807, 2.05) is 0 Å². The molecule has 0 radical (unpaired) electrons. The predicted octanol–water partition coefficient (Wildman–Crippen LogP) is 2.28. The molecular formula is C20H19Cl2NO7. The second-order valence-electron chi connectivity index (χ2n) is 7.24. The van der Waals surface area contributed by atoms with Crippen LogP contribution in [0.3, 0.4) is 0 Å². The Morgan fingerprint density at radius 3 is 2.57 bits per heavy atom. The van der Waals surface area contributed by atoms with Crippen LogP contribution in [-0.4, -0.2) is 57.0 Å². The first-order valence-electron chi connectivity index (χ1n) is 9.06. The van der Waals surface area contributed by atoms with Gasteiger partial charge in [-0.1, -0.05) is 29.3 Å². The first-order chi connectivity index (χ1) is 14.2. The summed E-state index contributed by atoms with van der Waals surface area (Å²) in [4.78, 5) is 13.1. The fourth-order valence-corrected chi connectivity index (χ4v) is 4.57. The number of fused-ring (bicyclic) bond motifs is 2. The number of ether oxygens (including phenoxy) is 1. The molecule has 0 fully saturated rings. The van der Waals surface area contributed by atoms with Gasteiger partial charge in [-0.3, -0.25) is 9.36 Å². The second kappa shape index (κ2) is 7.56. The molecule has 4 rings (SSSR count). The molecule has 8 nitrogen and oxygen atoms in total. The van der Waals surface area contributed by atoms with Crippen molar-refractivity contribution in [3.05, 3.63) is 49.7 Å². The van der Waals surface area contributed by atoms with Crippen molar-refractivity contribution in [3.63, 3.8) is 0 Å². The van der Waals surface area contributed by atoms with Crippen LogP contribution in [0.25, 0.3) is 22.1 Å². The number of phenols is 1. The van der Waals surface area contributed by atoms with Crippen LogP contribution in [0.5, 0.6) is 5.75 Å². The largest absolute Gasteiger partial charge is 0.505 e. The number of aliphatic hydroxyl groups excluding tert-OH is 3. The fourth-order valence-electron chi connectivity index (χ4n) is 4.02. The lowest BCUT2D eigenvalue weighted by Gasteiger charge is -2.36. The van der Waals surface area contributed by atoms with Gasteiger partial charge in [-0.05, 0) is 30.2 Å². The number of aromatic nitrogens is 1. The maximum atomic E-state index is 13.1. The molecule has 30 heavy (non-hydrogen) atoms. The molecule has 4 atom stereocenters. The number of hydrogen-bond acceptors (Lipinski definition) is 7. The molecule has 0 saturated carbocycles. The highest BCUT2D eigenvalue weighted by Crippen LogP contribution is 2.39. The number of methoxy groups -OCH3 is 1. The molecule has 1 aliphatic carbocycles. The topological polar surface area (TPSA) is 125 Å². The van der Waals surface area contributed by atoms with Crippen molar-refractivity contribution in [2.45, 2.75) is 31.3 Å². The van der Waals surface area contributed by atoms with Crippen LogP contribution < -0.4 is 5.43 Å². The lowest BCUT2D eigenvalue weighted by atomic mass is 9.88.